The molecule has 2 saturated heterocycles. The highest BCUT2D eigenvalue weighted by atomic mass is 19.1. The van der Waals surface area contributed by atoms with E-state index in [-0.39, 0.29) is 41.2 Å². The minimum absolute atomic E-state index is 0.0165. The third-order valence-electron chi connectivity index (χ3n) is 6.60. The van der Waals surface area contributed by atoms with Crippen LogP contribution in [0.3, 0.4) is 0 Å². The van der Waals surface area contributed by atoms with Crippen LogP contribution >= 0.6 is 0 Å². The molecule has 3 heterocycles. The molecule has 2 aliphatic rings. The fraction of sp³-hybridized carbons (Fsp3) is 0.522. The summed E-state index contributed by atoms with van der Waals surface area (Å²) in [5.74, 6) is -0.489. The van der Waals surface area contributed by atoms with E-state index in [1.54, 1.807) is 11.0 Å². The second-order valence-electron chi connectivity index (χ2n) is 8.76. The molecule has 6 nitrogen and oxygen atoms in total. The lowest BCUT2D eigenvalue weighted by Crippen LogP contribution is -2.41. The number of rotatable bonds is 7. The van der Waals surface area contributed by atoms with Gasteiger partial charge in [-0.2, -0.15) is 0 Å². The van der Waals surface area contributed by atoms with Gasteiger partial charge in [0.2, 0.25) is 0 Å². The van der Waals surface area contributed by atoms with Gasteiger partial charge in [0.25, 0.3) is 0 Å². The first-order chi connectivity index (χ1) is 14.8. The van der Waals surface area contributed by atoms with Gasteiger partial charge in [-0.15, -0.1) is 0 Å². The van der Waals surface area contributed by atoms with Crippen LogP contribution in [0.15, 0.2) is 28.8 Å². The number of aromatic nitrogens is 1. The first kappa shape index (κ1) is 21.5. The zero-order valence-corrected chi connectivity index (χ0v) is 17.6. The predicted octanol–water partition coefficient (Wildman–Crippen LogP) is 4.62. The predicted molar refractivity (Wildman–Crippen MR) is 108 cm³/mol. The van der Waals surface area contributed by atoms with Crippen molar-refractivity contribution in [2.75, 3.05) is 13.2 Å². The van der Waals surface area contributed by atoms with Gasteiger partial charge >= 0.3 is 6.09 Å². The Bertz CT molecular complexity index is 976. The van der Waals surface area contributed by atoms with Crippen molar-refractivity contribution >= 4 is 11.9 Å². The van der Waals surface area contributed by atoms with Gasteiger partial charge in [0.1, 0.15) is 35.5 Å². The first-order valence-corrected chi connectivity index (χ1v) is 10.7. The molecule has 2 fully saturated rings. The molecule has 166 valence electrons. The number of cyclic esters (lactones) is 1. The van der Waals surface area contributed by atoms with Crippen LogP contribution < -0.4 is 0 Å². The average Bonchev–Trinajstić information content (AvgIpc) is 3.34. The summed E-state index contributed by atoms with van der Waals surface area (Å²) in [5, 5.41) is 3.90. The lowest BCUT2D eigenvalue weighted by Gasteiger charge is -2.32. The van der Waals surface area contributed by atoms with Crippen LogP contribution in [0.1, 0.15) is 38.9 Å². The number of ketones is 1. The number of piperidine rings is 1. The van der Waals surface area contributed by atoms with Gasteiger partial charge in [-0.05, 0) is 36.8 Å². The molecule has 8 heteroatoms. The van der Waals surface area contributed by atoms with Crippen LogP contribution in [0.5, 0.6) is 0 Å². The third-order valence-corrected chi connectivity index (χ3v) is 6.60. The van der Waals surface area contributed by atoms with Crippen LogP contribution in [0.4, 0.5) is 13.6 Å². The molecule has 4 unspecified atom stereocenters. The number of nitrogens with zero attached hydrogens (tertiary/aromatic N) is 2. The molecule has 1 aromatic heterocycles. The number of carbonyl (C=O) groups is 2. The molecule has 0 saturated carbocycles. The minimum Gasteiger partial charge on any atom is -0.447 e. The van der Waals surface area contributed by atoms with E-state index >= 15 is 0 Å². The second-order valence-corrected chi connectivity index (χ2v) is 8.76. The fourth-order valence-electron chi connectivity index (χ4n) is 4.48. The summed E-state index contributed by atoms with van der Waals surface area (Å²) in [5.41, 5.74) is 0.479. The topological polar surface area (TPSA) is 72.6 Å². The van der Waals surface area contributed by atoms with Crippen molar-refractivity contribution in [2.45, 2.75) is 45.6 Å². The van der Waals surface area contributed by atoms with Gasteiger partial charge < -0.3 is 14.2 Å². The summed E-state index contributed by atoms with van der Waals surface area (Å²) >= 11 is 0. The minimum atomic E-state index is -0.697. The number of benzene rings is 1. The van der Waals surface area contributed by atoms with Crippen molar-refractivity contribution in [3.05, 3.63) is 41.7 Å². The van der Waals surface area contributed by atoms with Gasteiger partial charge in [0.15, 0.2) is 0 Å². The average molecular weight is 432 g/mol. The zero-order valence-electron chi connectivity index (χ0n) is 17.6. The molecule has 0 bridgehead atoms. The van der Waals surface area contributed by atoms with Crippen LogP contribution in [0, 0.1) is 29.4 Å². The van der Waals surface area contributed by atoms with Crippen molar-refractivity contribution < 1.29 is 27.6 Å². The van der Waals surface area contributed by atoms with E-state index in [4.69, 9.17) is 9.26 Å². The number of hydrogen-bond donors (Lipinski definition) is 0. The van der Waals surface area contributed by atoms with Crippen molar-refractivity contribution in [1.82, 2.24) is 10.1 Å². The summed E-state index contributed by atoms with van der Waals surface area (Å²) < 4.78 is 37.5. The number of Topliss-reactive ketones (excluding diaryl/α,β-unsaturated/α-hetero) is 1. The number of fused-ring (bicyclic) bond motifs is 1. The van der Waals surface area contributed by atoms with Crippen LogP contribution in [0.25, 0.3) is 11.3 Å². The molecular weight excluding hydrogens is 406 g/mol. The van der Waals surface area contributed by atoms with E-state index in [0.717, 1.165) is 18.9 Å². The maximum atomic E-state index is 14.0. The Balaban J connectivity index is 1.32. The number of hydrogen-bond acceptors (Lipinski definition) is 5. The van der Waals surface area contributed by atoms with Crippen molar-refractivity contribution in [1.29, 1.82) is 0 Å². The van der Waals surface area contributed by atoms with Gasteiger partial charge in [-0.3, -0.25) is 4.79 Å². The molecule has 4 atom stereocenters. The molecule has 0 aliphatic carbocycles. The van der Waals surface area contributed by atoms with Gasteiger partial charge in [0, 0.05) is 43.0 Å². The molecule has 0 spiro atoms. The van der Waals surface area contributed by atoms with E-state index in [0.29, 0.717) is 37.4 Å². The second kappa shape index (κ2) is 8.77. The largest absolute Gasteiger partial charge is 0.447 e. The number of ether oxygens (including phenoxy) is 1. The maximum Gasteiger partial charge on any atom is 0.410 e. The quantitative estimate of drug-likeness (QED) is 0.638. The summed E-state index contributed by atoms with van der Waals surface area (Å²) in [7, 11) is 0. The summed E-state index contributed by atoms with van der Waals surface area (Å²) in [6.45, 7) is 4.96. The molecule has 0 radical (unpaired) electrons. The molecule has 2 aliphatic heterocycles. The normalized spacial score (nSPS) is 22.7. The Morgan fingerprint density at radius 3 is 2.87 bits per heavy atom. The lowest BCUT2D eigenvalue weighted by atomic mass is 9.81. The molecule has 0 N–H and O–H groups in total. The van der Waals surface area contributed by atoms with E-state index in [1.165, 1.54) is 12.1 Å². The Hall–Kier alpha value is -2.77. The Morgan fingerprint density at radius 1 is 1.29 bits per heavy atom. The van der Waals surface area contributed by atoms with E-state index in [9.17, 15) is 18.4 Å². The Kier molecular flexibility index (Phi) is 6.07. The molecule has 4 rings (SSSR count). The van der Waals surface area contributed by atoms with Crippen molar-refractivity contribution in [3.8, 4) is 11.3 Å². The van der Waals surface area contributed by atoms with E-state index < -0.39 is 11.6 Å². The van der Waals surface area contributed by atoms with Crippen molar-refractivity contribution in [3.63, 3.8) is 0 Å². The summed E-state index contributed by atoms with van der Waals surface area (Å²) in [6.07, 6.45) is 2.35. The van der Waals surface area contributed by atoms with Crippen LogP contribution in [-0.2, 0) is 16.0 Å². The number of carbonyl (C=O) groups excluding carboxylic acids is 2. The smallest absolute Gasteiger partial charge is 0.410 e. The number of amides is 1. The van der Waals surface area contributed by atoms with Crippen LogP contribution in [0.2, 0.25) is 0 Å². The van der Waals surface area contributed by atoms with E-state index in [1.807, 2.05) is 13.8 Å². The van der Waals surface area contributed by atoms with Crippen molar-refractivity contribution in [2.24, 2.45) is 17.8 Å². The molecule has 31 heavy (non-hydrogen) atoms. The molecular formula is C23H26F2N2O4. The van der Waals surface area contributed by atoms with Gasteiger partial charge in [-0.25, -0.2) is 13.6 Å². The highest BCUT2D eigenvalue weighted by Gasteiger charge is 2.39. The SMILES string of the molecule is CC(Cc1cc(-c2ccc(F)cc2F)no1)C(C)C(=O)CC1CCN2C(=O)OCC2C1. The zero-order chi connectivity index (χ0) is 22.1. The molecule has 1 amide bonds. The lowest BCUT2D eigenvalue weighted by molar-refractivity contribution is -0.125. The van der Waals surface area contributed by atoms with Gasteiger partial charge in [-0.1, -0.05) is 19.0 Å². The summed E-state index contributed by atoms with van der Waals surface area (Å²) in [4.78, 5) is 26.2. The first-order valence-electron chi connectivity index (χ1n) is 10.7. The van der Waals surface area contributed by atoms with Gasteiger partial charge in [0.05, 0.1) is 6.04 Å². The highest BCUT2D eigenvalue weighted by molar-refractivity contribution is 5.81. The Labute approximate surface area is 179 Å². The van der Waals surface area contributed by atoms with E-state index in [2.05, 4.69) is 5.16 Å². The maximum absolute atomic E-state index is 14.0. The summed E-state index contributed by atoms with van der Waals surface area (Å²) in [6, 6.07) is 5.04. The Morgan fingerprint density at radius 2 is 2.10 bits per heavy atom. The third kappa shape index (κ3) is 4.62. The monoisotopic (exact) mass is 432 g/mol. The molecule has 2 aromatic rings. The van der Waals surface area contributed by atoms with Crippen LogP contribution in [-0.4, -0.2) is 41.1 Å². The molecule has 1 aromatic carbocycles. The standard InChI is InChI=1S/C23H26F2N2O4/c1-13(7-18-11-21(26-31-18)19-4-3-16(24)10-20(19)25)14(2)22(28)9-15-5-6-27-17(8-15)12-30-23(27)29/h3-4,10-11,13-15,17H,5-9,12H2,1-2H3. The fourth-order valence-corrected chi connectivity index (χ4v) is 4.48. The number of halogens is 2. The highest BCUT2D eigenvalue weighted by Crippen LogP contribution is 2.32.